The van der Waals surface area contributed by atoms with E-state index in [9.17, 15) is 12.8 Å². The van der Waals surface area contributed by atoms with Crippen molar-refractivity contribution in [3.63, 3.8) is 0 Å². The van der Waals surface area contributed by atoms with E-state index in [0.29, 0.717) is 30.6 Å². The maximum atomic E-state index is 13.4. The summed E-state index contributed by atoms with van der Waals surface area (Å²) >= 11 is 0. The van der Waals surface area contributed by atoms with Crippen LogP contribution < -0.4 is 5.32 Å². The Morgan fingerprint density at radius 1 is 1.22 bits per heavy atom. The molecule has 0 bridgehead atoms. The van der Waals surface area contributed by atoms with Gasteiger partial charge in [0.1, 0.15) is 15.7 Å². The molecule has 0 unspecified atom stereocenters. The van der Waals surface area contributed by atoms with Crippen molar-refractivity contribution >= 4 is 9.84 Å². The lowest BCUT2D eigenvalue weighted by Gasteiger charge is -2.08. The molecule has 0 atom stereocenters. The van der Waals surface area contributed by atoms with Crippen molar-refractivity contribution in [3.8, 4) is 0 Å². The lowest BCUT2D eigenvalue weighted by molar-refractivity contribution is 0.593. The van der Waals surface area contributed by atoms with E-state index in [4.69, 9.17) is 0 Å². The van der Waals surface area contributed by atoms with Crippen LogP contribution in [0.4, 0.5) is 4.39 Å². The molecule has 0 aliphatic carbocycles. The van der Waals surface area contributed by atoms with Crippen LogP contribution in [0.5, 0.6) is 0 Å². The van der Waals surface area contributed by atoms with Crippen LogP contribution >= 0.6 is 0 Å². The van der Waals surface area contributed by atoms with Crippen molar-refractivity contribution in [2.45, 2.75) is 26.8 Å². The van der Waals surface area contributed by atoms with Gasteiger partial charge in [-0.1, -0.05) is 12.1 Å². The minimum absolute atomic E-state index is 0.157. The maximum absolute atomic E-state index is 13.4. The molecule has 102 valence electrons. The van der Waals surface area contributed by atoms with Gasteiger partial charge in [-0.2, -0.15) is 0 Å². The summed E-state index contributed by atoms with van der Waals surface area (Å²) in [5.74, 6) is 0.0393. The van der Waals surface area contributed by atoms with Gasteiger partial charge in [0.25, 0.3) is 0 Å². The quantitative estimate of drug-likeness (QED) is 0.806. The lowest BCUT2D eigenvalue weighted by Crippen LogP contribution is -2.18. The van der Waals surface area contributed by atoms with Crippen LogP contribution in [0.25, 0.3) is 0 Å². The van der Waals surface area contributed by atoms with Gasteiger partial charge in [0, 0.05) is 12.8 Å². The number of hydrogen-bond acceptors (Lipinski definition) is 3. The normalized spacial score (nSPS) is 11.8. The predicted octanol–water partition coefficient (Wildman–Crippen LogP) is 1.97. The number of halogens is 1. The number of sulfone groups is 1. The number of aryl methyl sites for hydroxylation is 2. The third-order valence-electron chi connectivity index (χ3n) is 2.69. The molecule has 0 saturated carbocycles. The SMILES string of the molecule is Cc1cc(CNCCCS(C)(=O)=O)cc(C)c1F. The molecule has 1 N–H and O–H groups in total. The Hall–Kier alpha value is -0.940. The van der Waals surface area contributed by atoms with Crippen molar-refractivity contribution in [1.82, 2.24) is 5.32 Å². The Labute approximate surface area is 108 Å². The molecule has 0 amide bonds. The molecule has 0 saturated heterocycles. The van der Waals surface area contributed by atoms with Crippen LogP contribution in [0.3, 0.4) is 0 Å². The summed E-state index contributed by atoms with van der Waals surface area (Å²) in [7, 11) is -2.88. The number of hydrogen-bond donors (Lipinski definition) is 1. The van der Waals surface area contributed by atoms with Crippen molar-refractivity contribution in [3.05, 3.63) is 34.6 Å². The zero-order valence-electron chi connectivity index (χ0n) is 11.1. The summed E-state index contributed by atoms with van der Waals surface area (Å²) in [6.07, 6.45) is 1.83. The van der Waals surface area contributed by atoms with Crippen molar-refractivity contribution in [2.75, 3.05) is 18.6 Å². The zero-order valence-corrected chi connectivity index (χ0v) is 11.9. The highest BCUT2D eigenvalue weighted by atomic mass is 32.2. The largest absolute Gasteiger partial charge is 0.313 e. The molecule has 5 heteroatoms. The van der Waals surface area contributed by atoms with Gasteiger partial charge in [-0.3, -0.25) is 0 Å². The van der Waals surface area contributed by atoms with Crippen LogP contribution in [0.2, 0.25) is 0 Å². The van der Waals surface area contributed by atoms with E-state index in [1.165, 1.54) is 6.26 Å². The Morgan fingerprint density at radius 2 is 1.78 bits per heavy atom. The maximum Gasteiger partial charge on any atom is 0.147 e. The van der Waals surface area contributed by atoms with E-state index >= 15 is 0 Å². The minimum Gasteiger partial charge on any atom is -0.313 e. The summed E-state index contributed by atoms with van der Waals surface area (Å²) in [5.41, 5.74) is 2.30. The fraction of sp³-hybridized carbons (Fsp3) is 0.538. The molecule has 1 aromatic rings. The predicted molar refractivity (Wildman–Crippen MR) is 71.9 cm³/mol. The second-order valence-electron chi connectivity index (χ2n) is 4.70. The lowest BCUT2D eigenvalue weighted by atomic mass is 10.1. The summed E-state index contributed by atoms with van der Waals surface area (Å²) in [5, 5.41) is 3.16. The fourth-order valence-corrected chi connectivity index (χ4v) is 2.50. The second kappa shape index (κ2) is 6.29. The molecule has 0 spiro atoms. The second-order valence-corrected chi connectivity index (χ2v) is 6.96. The standard InChI is InChI=1S/C13H20FNO2S/c1-10-7-12(8-11(2)13(10)14)9-15-5-4-6-18(3,16)17/h7-8,15H,4-6,9H2,1-3H3. The molecule has 0 fully saturated rings. The molecule has 0 radical (unpaired) electrons. The Morgan fingerprint density at radius 3 is 2.28 bits per heavy atom. The number of benzene rings is 1. The van der Waals surface area contributed by atoms with Crippen LogP contribution in [0, 0.1) is 19.7 Å². The third kappa shape index (κ3) is 5.14. The van der Waals surface area contributed by atoms with Gasteiger partial charge in [-0.25, -0.2) is 12.8 Å². The highest BCUT2D eigenvalue weighted by Crippen LogP contribution is 2.14. The van der Waals surface area contributed by atoms with Crippen molar-refractivity contribution in [1.29, 1.82) is 0 Å². The van der Waals surface area contributed by atoms with E-state index in [1.807, 2.05) is 12.1 Å². The Kier molecular flexibility index (Phi) is 5.28. The van der Waals surface area contributed by atoms with Crippen molar-refractivity contribution < 1.29 is 12.8 Å². The van der Waals surface area contributed by atoms with Gasteiger partial charge in [0.15, 0.2) is 0 Å². The summed E-state index contributed by atoms with van der Waals surface area (Å²) in [6, 6.07) is 3.62. The first kappa shape index (κ1) is 15.1. The van der Waals surface area contributed by atoms with Crippen LogP contribution in [0.15, 0.2) is 12.1 Å². The first-order valence-corrected chi connectivity index (χ1v) is 8.00. The van der Waals surface area contributed by atoms with E-state index in [-0.39, 0.29) is 11.6 Å². The van der Waals surface area contributed by atoms with Gasteiger partial charge in [-0.15, -0.1) is 0 Å². The van der Waals surface area contributed by atoms with E-state index in [0.717, 1.165) is 5.56 Å². The topological polar surface area (TPSA) is 46.2 Å². The molecular formula is C13H20FNO2S. The van der Waals surface area contributed by atoms with Crippen molar-refractivity contribution in [2.24, 2.45) is 0 Å². The van der Waals surface area contributed by atoms with E-state index in [1.54, 1.807) is 13.8 Å². The molecule has 0 aliphatic rings. The van der Waals surface area contributed by atoms with Crippen LogP contribution in [-0.2, 0) is 16.4 Å². The highest BCUT2D eigenvalue weighted by molar-refractivity contribution is 7.90. The monoisotopic (exact) mass is 273 g/mol. The molecule has 0 aromatic heterocycles. The fourth-order valence-electron chi connectivity index (χ4n) is 1.83. The van der Waals surface area contributed by atoms with Crippen LogP contribution in [0.1, 0.15) is 23.1 Å². The average Bonchev–Trinajstić information content (AvgIpc) is 2.23. The molecule has 0 heterocycles. The van der Waals surface area contributed by atoms with Gasteiger partial charge in [0.05, 0.1) is 5.75 Å². The first-order chi connectivity index (χ1) is 8.29. The molecule has 18 heavy (non-hydrogen) atoms. The number of nitrogens with one attached hydrogen (secondary N) is 1. The van der Waals surface area contributed by atoms with Gasteiger partial charge in [0.2, 0.25) is 0 Å². The smallest absolute Gasteiger partial charge is 0.147 e. The highest BCUT2D eigenvalue weighted by Gasteiger charge is 2.04. The summed E-state index contributed by atoms with van der Waals surface area (Å²) in [6.45, 7) is 4.76. The Bertz CT molecular complexity index is 489. The molecule has 1 rings (SSSR count). The molecule has 0 aliphatic heterocycles. The molecule has 1 aromatic carbocycles. The summed E-state index contributed by atoms with van der Waals surface area (Å²) < 4.78 is 35.2. The molecular weight excluding hydrogens is 253 g/mol. The Balaban J connectivity index is 2.41. The van der Waals surface area contributed by atoms with Gasteiger partial charge >= 0.3 is 0 Å². The van der Waals surface area contributed by atoms with Gasteiger partial charge in [-0.05, 0) is 43.5 Å². The zero-order chi connectivity index (χ0) is 13.8. The minimum atomic E-state index is -2.88. The van der Waals surface area contributed by atoms with Gasteiger partial charge < -0.3 is 5.32 Å². The molecule has 3 nitrogen and oxygen atoms in total. The van der Waals surface area contributed by atoms with Crippen LogP contribution in [-0.4, -0.2) is 27.0 Å². The summed E-state index contributed by atoms with van der Waals surface area (Å²) in [4.78, 5) is 0. The number of rotatable bonds is 6. The van der Waals surface area contributed by atoms with E-state index < -0.39 is 9.84 Å². The third-order valence-corrected chi connectivity index (χ3v) is 3.72. The van der Waals surface area contributed by atoms with E-state index in [2.05, 4.69) is 5.32 Å². The first-order valence-electron chi connectivity index (χ1n) is 5.93. The average molecular weight is 273 g/mol.